The minimum atomic E-state index is -0.744. The van der Waals surface area contributed by atoms with E-state index in [1.165, 1.54) is 5.56 Å². The van der Waals surface area contributed by atoms with Crippen molar-refractivity contribution in [3.05, 3.63) is 35.5 Å². The summed E-state index contributed by atoms with van der Waals surface area (Å²) in [6.07, 6.45) is 3.48. The summed E-state index contributed by atoms with van der Waals surface area (Å²) in [5.41, 5.74) is 3.50. The Balaban J connectivity index is 2.40. The largest absolute Gasteiger partial charge is 0.481 e. The number of para-hydroxylation sites is 1. The lowest BCUT2D eigenvalue weighted by Crippen LogP contribution is -2.11. The number of hydrogen-bond donors (Lipinski definition) is 2. The lowest BCUT2D eigenvalue weighted by Gasteiger charge is -2.05. The zero-order chi connectivity index (χ0) is 12.4. The monoisotopic (exact) mass is 231 g/mol. The van der Waals surface area contributed by atoms with Crippen LogP contribution in [0.2, 0.25) is 0 Å². The molecule has 0 spiro atoms. The lowest BCUT2D eigenvalue weighted by atomic mass is 9.99. The SMILES string of the molecule is CCc1cccc2c(C[C@H](C)C(=O)O)c[nH]c12. The van der Waals surface area contributed by atoms with Crippen molar-refractivity contribution in [1.82, 2.24) is 4.98 Å². The number of H-pyrrole nitrogens is 1. The maximum atomic E-state index is 10.9. The molecule has 0 fully saturated rings. The van der Waals surface area contributed by atoms with Crippen LogP contribution >= 0.6 is 0 Å². The fourth-order valence-corrected chi connectivity index (χ4v) is 2.16. The van der Waals surface area contributed by atoms with Gasteiger partial charge in [-0.05, 0) is 24.0 Å². The van der Waals surface area contributed by atoms with Crippen molar-refractivity contribution in [3.8, 4) is 0 Å². The smallest absolute Gasteiger partial charge is 0.306 e. The molecule has 0 amide bonds. The maximum absolute atomic E-state index is 10.9. The highest BCUT2D eigenvalue weighted by atomic mass is 16.4. The van der Waals surface area contributed by atoms with Crippen molar-refractivity contribution in [1.29, 1.82) is 0 Å². The van der Waals surface area contributed by atoms with Crippen molar-refractivity contribution in [2.45, 2.75) is 26.7 Å². The number of hydrogen-bond acceptors (Lipinski definition) is 1. The van der Waals surface area contributed by atoms with Crippen molar-refractivity contribution < 1.29 is 9.90 Å². The normalized spacial score (nSPS) is 12.8. The minimum absolute atomic E-state index is 0.348. The van der Waals surface area contributed by atoms with E-state index in [0.29, 0.717) is 6.42 Å². The predicted octanol–water partition coefficient (Wildman–Crippen LogP) is 2.99. The van der Waals surface area contributed by atoms with Gasteiger partial charge < -0.3 is 10.1 Å². The Hall–Kier alpha value is -1.77. The molecular formula is C14H17NO2. The summed E-state index contributed by atoms with van der Waals surface area (Å²) in [4.78, 5) is 14.1. The second-order valence-electron chi connectivity index (χ2n) is 4.45. The summed E-state index contributed by atoms with van der Waals surface area (Å²) in [7, 11) is 0. The average molecular weight is 231 g/mol. The van der Waals surface area contributed by atoms with Gasteiger partial charge in [0, 0.05) is 17.1 Å². The predicted molar refractivity (Wildman–Crippen MR) is 68.2 cm³/mol. The molecule has 2 rings (SSSR count). The maximum Gasteiger partial charge on any atom is 0.306 e. The van der Waals surface area contributed by atoms with Gasteiger partial charge in [0.15, 0.2) is 0 Å². The summed E-state index contributed by atoms with van der Waals surface area (Å²) >= 11 is 0. The molecule has 0 radical (unpaired) electrons. The minimum Gasteiger partial charge on any atom is -0.481 e. The number of aromatic nitrogens is 1. The van der Waals surface area contributed by atoms with Gasteiger partial charge in [0.25, 0.3) is 0 Å². The third-order valence-corrected chi connectivity index (χ3v) is 3.22. The molecule has 0 unspecified atom stereocenters. The third-order valence-electron chi connectivity index (χ3n) is 3.22. The number of carboxylic acid groups (broad SMARTS) is 1. The van der Waals surface area contributed by atoms with Crippen molar-refractivity contribution in [3.63, 3.8) is 0 Å². The van der Waals surface area contributed by atoms with Gasteiger partial charge in [0.2, 0.25) is 0 Å². The first-order valence-electron chi connectivity index (χ1n) is 5.94. The van der Waals surface area contributed by atoms with Crippen LogP contribution in [0.5, 0.6) is 0 Å². The Bertz CT molecular complexity index is 542. The number of aryl methyl sites for hydroxylation is 1. The molecule has 0 aliphatic rings. The van der Waals surface area contributed by atoms with Gasteiger partial charge in [-0.2, -0.15) is 0 Å². The number of carbonyl (C=O) groups is 1. The molecule has 0 bridgehead atoms. The van der Waals surface area contributed by atoms with Crippen LogP contribution in [-0.2, 0) is 17.6 Å². The van der Waals surface area contributed by atoms with Crippen LogP contribution in [0.3, 0.4) is 0 Å². The first-order chi connectivity index (χ1) is 8.13. The van der Waals surface area contributed by atoms with E-state index in [-0.39, 0.29) is 5.92 Å². The number of carboxylic acids is 1. The highest BCUT2D eigenvalue weighted by molar-refractivity contribution is 5.86. The van der Waals surface area contributed by atoms with Crippen molar-refractivity contribution in [2.75, 3.05) is 0 Å². The molecule has 0 saturated carbocycles. The Morgan fingerprint density at radius 1 is 1.41 bits per heavy atom. The third kappa shape index (κ3) is 2.18. The highest BCUT2D eigenvalue weighted by Crippen LogP contribution is 2.24. The molecule has 0 aliphatic carbocycles. The summed E-state index contributed by atoms with van der Waals surface area (Å²) in [5.74, 6) is -1.09. The Morgan fingerprint density at radius 2 is 2.18 bits per heavy atom. The van der Waals surface area contributed by atoms with E-state index in [1.54, 1.807) is 6.92 Å². The van der Waals surface area contributed by atoms with E-state index in [1.807, 2.05) is 12.3 Å². The van der Waals surface area contributed by atoms with E-state index in [4.69, 9.17) is 5.11 Å². The highest BCUT2D eigenvalue weighted by Gasteiger charge is 2.14. The summed E-state index contributed by atoms with van der Waals surface area (Å²) in [5, 5.41) is 10.1. The number of aromatic amines is 1. The van der Waals surface area contributed by atoms with Crippen molar-refractivity contribution in [2.24, 2.45) is 5.92 Å². The summed E-state index contributed by atoms with van der Waals surface area (Å²) < 4.78 is 0. The molecular weight excluding hydrogens is 214 g/mol. The first kappa shape index (κ1) is 11.7. The molecule has 1 atom stereocenters. The van der Waals surface area contributed by atoms with Gasteiger partial charge in [-0.3, -0.25) is 4.79 Å². The first-order valence-corrected chi connectivity index (χ1v) is 5.94. The molecule has 90 valence electrons. The molecule has 3 heteroatoms. The lowest BCUT2D eigenvalue weighted by molar-refractivity contribution is -0.141. The summed E-state index contributed by atoms with van der Waals surface area (Å²) in [6, 6.07) is 6.18. The van der Waals surface area contributed by atoms with Gasteiger partial charge >= 0.3 is 5.97 Å². The van der Waals surface area contributed by atoms with Crippen LogP contribution in [0.15, 0.2) is 24.4 Å². The molecule has 1 heterocycles. The van der Waals surface area contributed by atoms with E-state index < -0.39 is 5.97 Å². The van der Waals surface area contributed by atoms with Gasteiger partial charge in [0.1, 0.15) is 0 Å². The Kier molecular flexibility index (Phi) is 3.18. The van der Waals surface area contributed by atoms with Gasteiger partial charge in [-0.1, -0.05) is 32.0 Å². The van der Waals surface area contributed by atoms with Crippen LogP contribution in [0, 0.1) is 5.92 Å². The Morgan fingerprint density at radius 3 is 2.82 bits per heavy atom. The molecule has 2 N–H and O–H groups in total. The zero-order valence-electron chi connectivity index (χ0n) is 10.2. The molecule has 0 saturated heterocycles. The second-order valence-corrected chi connectivity index (χ2v) is 4.45. The van der Waals surface area contributed by atoms with E-state index in [9.17, 15) is 4.79 Å². The summed E-state index contributed by atoms with van der Waals surface area (Å²) in [6.45, 7) is 3.86. The number of benzene rings is 1. The standard InChI is InChI=1S/C14H17NO2/c1-3-10-5-4-6-12-11(8-15-13(10)12)7-9(2)14(16)17/h4-6,8-9,15H,3,7H2,1-2H3,(H,16,17)/t9-/m0/s1. The molecule has 17 heavy (non-hydrogen) atoms. The molecule has 3 nitrogen and oxygen atoms in total. The van der Waals surface area contributed by atoms with Crippen LogP contribution < -0.4 is 0 Å². The van der Waals surface area contributed by atoms with E-state index >= 15 is 0 Å². The van der Waals surface area contributed by atoms with Crippen molar-refractivity contribution >= 4 is 16.9 Å². The topological polar surface area (TPSA) is 53.1 Å². The van der Waals surface area contributed by atoms with Crippen LogP contribution in [-0.4, -0.2) is 16.1 Å². The molecule has 0 aliphatic heterocycles. The van der Waals surface area contributed by atoms with Crippen LogP contribution in [0.4, 0.5) is 0 Å². The molecule has 1 aromatic heterocycles. The van der Waals surface area contributed by atoms with E-state index in [0.717, 1.165) is 22.9 Å². The average Bonchev–Trinajstić information content (AvgIpc) is 2.72. The van der Waals surface area contributed by atoms with Gasteiger partial charge in [-0.25, -0.2) is 0 Å². The second kappa shape index (κ2) is 4.62. The van der Waals surface area contributed by atoms with Crippen LogP contribution in [0.1, 0.15) is 25.0 Å². The van der Waals surface area contributed by atoms with Gasteiger partial charge in [-0.15, -0.1) is 0 Å². The number of nitrogens with one attached hydrogen (secondary N) is 1. The number of rotatable bonds is 4. The fraction of sp³-hybridized carbons (Fsp3) is 0.357. The Labute approximate surface area is 100 Å². The fourth-order valence-electron chi connectivity index (χ4n) is 2.16. The molecule has 2 aromatic rings. The molecule has 1 aromatic carbocycles. The van der Waals surface area contributed by atoms with E-state index in [2.05, 4.69) is 24.0 Å². The van der Waals surface area contributed by atoms with Crippen LogP contribution in [0.25, 0.3) is 10.9 Å². The van der Waals surface area contributed by atoms with Gasteiger partial charge in [0.05, 0.1) is 5.92 Å². The number of fused-ring (bicyclic) bond motifs is 1. The zero-order valence-corrected chi connectivity index (χ0v) is 10.2. The quantitative estimate of drug-likeness (QED) is 0.849. The number of aliphatic carboxylic acids is 1.